The number of halogens is 3. The molecule has 0 radical (unpaired) electrons. The van der Waals surface area contributed by atoms with E-state index in [0.717, 1.165) is 6.20 Å². The molecule has 3 rings (SSSR count). The fourth-order valence-electron chi connectivity index (χ4n) is 2.51. The highest BCUT2D eigenvalue weighted by atomic mass is 35.5. The van der Waals surface area contributed by atoms with E-state index in [1.165, 1.54) is 6.07 Å². The molecule has 4 nitrogen and oxygen atoms in total. The summed E-state index contributed by atoms with van der Waals surface area (Å²) in [6.45, 7) is 4.29. The molecule has 0 fully saturated rings. The van der Waals surface area contributed by atoms with Crippen LogP contribution in [0.2, 0.25) is 5.28 Å². The number of para-hydroxylation sites is 1. The van der Waals surface area contributed by atoms with E-state index in [0.29, 0.717) is 12.2 Å². The highest BCUT2D eigenvalue weighted by Gasteiger charge is 2.33. The van der Waals surface area contributed by atoms with Crippen LogP contribution in [0.15, 0.2) is 24.4 Å². The molecule has 1 aromatic heterocycles. The third kappa shape index (κ3) is 2.59. The summed E-state index contributed by atoms with van der Waals surface area (Å²) in [4.78, 5) is 9.43. The van der Waals surface area contributed by atoms with Crippen LogP contribution >= 0.6 is 11.6 Å². The van der Waals surface area contributed by atoms with Gasteiger partial charge < -0.3 is 9.64 Å². The van der Waals surface area contributed by atoms with Crippen molar-refractivity contribution in [3.05, 3.63) is 47.0 Å². The summed E-state index contributed by atoms with van der Waals surface area (Å²) in [6.07, 6.45) is 0.234. The smallest absolute Gasteiger partial charge is 0.222 e. The molecule has 0 saturated carbocycles. The number of fused-ring (bicyclic) bond motifs is 1. The minimum absolute atomic E-state index is 0.0274. The van der Waals surface area contributed by atoms with E-state index >= 15 is 0 Å². The van der Waals surface area contributed by atoms with Gasteiger partial charge in [-0.15, -0.1) is 0 Å². The molecule has 2 aromatic rings. The second kappa shape index (κ2) is 5.68. The van der Waals surface area contributed by atoms with E-state index in [9.17, 15) is 8.78 Å². The quantitative estimate of drug-likeness (QED) is 0.788. The lowest BCUT2D eigenvalue weighted by Crippen LogP contribution is -2.40. The van der Waals surface area contributed by atoms with Crippen molar-refractivity contribution in [1.82, 2.24) is 9.97 Å². The van der Waals surface area contributed by atoms with Crippen LogP contribution in [-0.4, -0.2) is 22.6 Å². The zero-order chi connectivity index (χ0) is 15.9. The van der Waals surface area contributed by atoms with Gasteiger partial charge in [-0.3, -0.25) is 0 Å². The summed E-state index contributed by atoms with van der Waals surface area (Å²) >= 11 is 5.73. The molecule has 0 spiro atoms. The number of aromatic nitrogens is 2. The van der Waals surface area contributed by atoms with Crippen molar-refractivity contribution in [2.24, 2.45) is 0 Å². The van der Waals surface area contributed by atoms with E-state index in [2.05, 4.69) is 9.97 Å². The van der Waals surface area contributed by atoms with Crippen LogP contribution < -0.4 is 9.64 Å². The molecular weight excluding hydrogens is 312 g/mol. The molecule has 0 bridgehead atoms. The number of benzene rings is 1. The van der Waals surface area contributed by atoms with Crippen molar-refractivity contribution >= 4 is 17.3 Å². The van der Waals surface area contributed by atoms with E-state index in [4.69, 9.17) is 16.3 Å². The molecule has 7 heteroatoms. The predicted octanol–water partition coefficient (Wildman–Crippen LogP) is 3.76. The average molecular weight is 326 g/mol. The van der Waals surface area contributed by atoms with E-state index in [-0.39, 0.29) is 22.8 Å². The Morgan fingerprint density at radius 2 is 2.09 bits per heavy atom. The molecule has 1 aliphatic heterocycles. The SMILES string of the molecule is CC(C)N1CC(c2nc(Cl)ncc2F)Oc2c(F)cccc21. The number of ether oxygens (including phenoxy) is 1. The van der Waals surface area contributed by atoms with E-state index < -0.39 is 17.7 Å². The average Bonchev–Trinajstić information content (AvgIpc) is 2.49. The van der Waals surface area contributed by atoms with Gasteiger partial charge in [0.15, 0.2) is 23.5 Å². The highest BCUT2D eigenvalue weighted by molar-refractivity contribution is 6.28. The van der Waals surface area contributed by atoms with Crippen molar-refractivity contribution in [2.45, 2.75) is 26.0 Å². The van der Waals surface area contributed by atoms with Gasteiger partial charge in [-0.2, -0.15) is 0 Å². The Bertz CT molecular complexity index is 711. The number of nitrogens with zero attached hydrogens (tertiary/aromatic N) is 3. The Hall–Kier alpha value is -1.95. The molecule has 1 atom stereocenters. The van der Waals surface area contributed by atoms with Gasteiger partial charge in [0.05, 0.1) is 18.4 Å². The van der Waals surface area contributed by atoms with Crippen molar-refractivity contribution in [1.29, 1.82) is 0 Å². The van der Waals surface area contributed by atoms with Crippen LogP contribution in [0.1, 0.15) is 25.6 Å². The van der Waals surface area contributed by atoms with Crippen LogP contribution in [0.25, 0.3) is 0 Å². The van der Waals surface area contributed by atoms with Gasteiger partial charge in [-0.1, -0.05) is 6.07 Å². The van der Waals surface area contributed by atoms with Gasteiger partial charge in [-0.25, -0.2) is 18.7 Å². The van der Waals surface area contributed by atoms with Crippen molar-refractivity contribution < 1.29 is 13.5 Å². The molecule has 1 aliphatic rings. The topological polar surface area (TPSA) is 38.2 Å². The summed E-state index contributed by atoms with van der Waals surface area (Å²) < 4.78 is 33.7. The Kier molecular flexibility index (Phi) is 3.87. The third-order valence-electron chi connectivity index (χ3n) is 3.55. The first kappa shape index (κ1) is 15.0. The second-order valence-electron chi connectivity index (χ2n) is 5.31. The van der Waals surface area contributed by atoms with Crippen LogP contribution in [0, 0.1) is 11.6 Å². The molecule has 0 amide bonds. The lowest BCUT2D eigenvalue weighted by Gasteiger charge is -2.38. The van der Waals surface area contributed by atoms with Gasteiger partial charge >= 0.3 is 0 Å². The standard InChI is InChI=1S/C15H14ClF2N3O/c1-8(2)21-7-12(13-10(18)6-19-15(16)20-13)22-14-9(17)4-3-5-11(14)21/h3-6,8,12H,7H2,1-2H3. The van der Waals surface area contributed by atoms with Crippen molar-refractivity contribution in [2.75, 3.05) is 11.4 Å². The minimum atomic E-state index is -0.757. The Morgan fingerprint density at radius 1 is 1.32 bits per heavy atom. The molecule has 0 aliphatic carbocycles. The first-order valence-electron chi connectivity index (χ1n) is 6.87. The molecule has 22 heavy (non-hydrogen) atoms. The van der Waals surface area contributed by atoms with Gasteiger partial charge in [0.1, 0.15) is 5.69 Å². The highest BCUT2D eigenvalue weighted by Crippen LogP contribution is 2.40. The fourth-order valence-corrected chi connectivity index (χ4v) is 2.65. The van der Waals surface area contributed by atoms with Crippen LogP contribution in [-0.2, 0) is 0 Å². The molecule has 0 saturated heterocycles. The summed E-state index contributed by atoms with van der Waals surface area (Å²) in [7, 11) is 0. The molecule has 0 N–H and O–H groups in total. The molecule has 116 valence electrons. The van der Waals surface area contributed by atoms with E-state index in [1.807, 2.05) is 18.7 Å². The van der Waals surface area contributed by atoms with Gasteiger partial charge in [0.2, 0.25) is 5.28 Å². The lowest BCUT2D eigenvalue weighted by molar-refractivity contribution is 0.175. The largest absolute Gasteiger partial charge is 0.477 e. The zero-order valence-corrected chi connectivity index (χ0v) is 12.8. The maximum Gasteiger partial charge on any atom is 0.222 e. The van der Waals surface area contributed by atoms with Gasteiger partial charge in [0.25, 0.3) is 0 Å². The number of rotatable bonds is 2. The summed E-state index contributed by atoms with van der Waals surface area (Å²) in [5, 5.41) is -0.0737. The summed E-state index contributed by atoms with van der Waals surface area (Å²) in [6, 6.07) is 4.79. The van der Waals surface area contributed by atoms with Crippen LogP contribution in [0.5, 0.6) is 5.75 Å². The summed E-state index contributed by atoms with van der Waals surface area (Å²) in [5.41, 5.74) is 0.673. The van der Waals surface area contributed by atoms with Gasteiger partial charge in [0, 0.05) is 6.04 Å². The normalized spacial score (nSPS) is 17.4. The summed E-state index contributed by atoms with van der Waals surface area (Å²) in [5.74, 6) is -1.02. The first-order valence-corrected chi connectivity index (χ1v) is 7.25. The van der Waals surface area contributed by atoms with Gasteiger partial charge in [-0.05, 0) is 37.6 Å². The first-order chi connectivity index (χ1) is 10.5. The third-order valence-corrected chi connectivity index (χ3v) is 3.73. The molecule has 1 aromatic carbocycles. The number of hydrogen-bond donors (Lipinski definition) is 0. The molecule has 2 heterocycles. The van der Waals surface area contributed by atoms with E-state index in [1.54, 1.807) is 12.1 Å². The number of hydrogen-bond acceptors (Lipinski definition) is 4. The minimum Gasteiger partial charge on any atom is -0.477 e. The van der Waals surface area contributed by atoms with Crippen LogP contribution in [0.3, 0.4) is 0 Å². The second-order valence-corrected chi connectivity index (χ2v) is 5.65. The monoisotopic (exact) mass is 325 g/mol. The number of anilines is 1. The Labute approximate surface area is 131 Å². The maximum absolute atomic E-state index is 14.1. The van der Waals surface area contributed by atoms with Crippen molar-refractivity contribution in [3.8, 4) is 5.75 Å². The van der Waals surface area contributed by atoms with Crippen molar-refractivity contribution in [3.63, 3.8) is 0 Å². The predicted molar refractivity (Wildman–Crippen MR) is 79.3 cm³/mol. The fraction of sp³-hybridized carbons (Fsp3) is 0.333. The molecule has 1 unspecified atom stereocenters. The maximum atomic E-state index is 14.1. The lowest BCUT2D eigenvalue weighted by atomic mass is 10.1. The zero-order valence-electron chi connectivity index (χ0n) is 12.1. The Balaban J connectivity index is 2.06. The van der Waals surface area contributed by atoms with Crippen LogP contribution in [0.4, 0.5) is 14.5 Å². The Morgan fingerprint density at radius 3 is 2.82 bits per heavy atom. The molecular formula is C15H14ClF2N3O.